The molecule has 1 saturated carbocycles. The first-order chi connectivity index (χ1) is 13.3. The van der Waals surface area contributed by atoms with E-state index in [0.29, 0.717) is 5.75 Å². The SMILES string of the molecule is O=C1OC2(CCC(OC(=O)C(F)(F)S(=O)(=O)O)CC2)Oc2c1cc(I)c(I)c2I. The van der Waals surface area contributed by atoms with Crippen molar-refractivity contribution >= 4 is 89.8 Å². The molecular formula is C15H11F2I3O8S. The van der Waals surface area contributed by atoms with Gasteiger partial charge >= 0.3 is 27.3 Å². The molecule has 0 radical (unpaired) electrons. The van der Waals surface area contributed by atoms with E-state index in [1.807, 2.05) is 0 Å². The predicted octanol–water partition coefficient (Wildman–Crippen LogP) is 3.71. The van der Waals surface area contributed by atoms with Gasteiger partial charge in [0.1, 0.15) is 11.7 Å². The second-order valence-corrected chi connectivity index (χ2v) is 11.1. The third-order valence-electron chi connectivity index (χ3n) is 4.43. The topological polar surface area (TPSA) is 116 Å². The molecular weight excluding hydrogens is 759 g/mol. The van der Waals surface area contributed by atoms with Gasteiger partial charge in [0, 0.05) is 20.0 Å². The summed E-state index contributed by atoms with van der Waals surface area (Å²) < 4.78 is 75.0. The highest BCUT2D eigenvalue weighted by atomic mass is 127. The summed E-state index contributed by atoms with van der Waals surface area (Å²) in [5.41, 5.74) is 0.284. The van der Waals surface area contributed by atoms with Gasteiger partial charge in [0.15, 0.2) is 5.75 Å². The average Bonchev–Trinajstić information content (AvgIpc) is 2.62. The first-order valence-corrected chi connectivity index (χ1v) is 12.6. The van der Waals surface area contributed by atoms with Crippen molar-refractivity contribution in [2.45, 2.75) is 42.8 Å². The molecule has 1 fully saturated rings. The van der Waals surface area contributed by atoms with Crippen LogP contribution in [0.1, 0.15) is 36.0 Å². The minimum absolute atomic E-state index is 0.00600. The van der Waals surface area contributed by atoms with Crippen LogP contribution < -0.4 is 4.74 Å². The van der Waals surface area contributed by atoms with Crippen molar-refractivity contribution in [2.75, 3.05) is 0 Å². The minimum Gasteiger partial charge on any atom is -0.457 e. The predicted molar refractivity (Wildman–Crippen MR) is 118 cm³/mol. The van der Waals surface area contributed by atoms with Crippen LogP contribution in [0.15, 0.2) is 6.07 Å². The van der Waals surface area contributed by atoms with E-state index in [4.69, 9.17) is 14.0 Å². The molecule has 0 amide bonds. The number of halogens is 5. The third kappa shape index (κ3) is 4.45. The molecule has 160 valence electrons. The van der Waals surface area contributed by atoms with Crippen molar-refractivity contribution in [3.8, 4) is 5.75 Å². The number of esters is 2. The first-order valence-electron chi connectivity index (χ1n) is 7.93. The lowest BCUT2D eigenvalue weighted by molar-refractivity contribution is -0.196. The Kier molecular flexibility index (Phi) is 6.60. The molecule has 2 aliphatic rings. The number of rotatable bonds is 3. The zero-order chi connectivity index (χ0) is 21.8. The number of carbonyl (C=O) groups excluding carboxylic acids is 2. The summed E-state index contributed by atoms with van der Waals surface area (Å²) >= 11 is 6.28. The van der Waals surface area contributed by atoms with Gasteiger partial charge in [0.25, 0.3) is 5.79 Å². The molecule has 0 atom stereocenters. The second kappa shape index (κ2) is 8.12. The number of fused-ring (bicyclic) bond motifs is 1. The smallest absolute Gasteiger partial charge is 0.457 e. The van der Waals surface area contributed by atoms with Gasteiger partial charge in [-0.2, -0.15) is 17.2 Å². The van der Waals surface area contributed by atoms with E-state index in [1.165, 1.54) is 0 Å². The van der Waals surface area contributed by atoms with Crippen LogP contribution in [0.25, 0.3) is 0 Å². The number of benzene rings is 1. The summed E-state index contributed by atoms with van der Waals surface area (Å²) in [6, 6.07) is 1.65. The lowest BCUT2D eigenvalue weighted by Crippen LogP contribution is -2.49. The fourth-order valence-corrected chi connectivity index (χ4v) is 5.39. The van der Waals surface area contributed by atoms with E-state index in [1.54, 1.807) is 6.07 Å². The third-order valence-corrected chi connectivity index (χ3v) is 10.3. The Labute approximate surface area is 204 Å². The lowest BCUT2D eigenvalue weighted by atomic mass is 9.90. The van der Waals surface area contributed by atoms with E-state index in [0.717, 1.165) is 10.7 Å². The molecule has 0 saturated heterocycles. The summed E-state index contributed by atoms with van der Waals surface area (Å²) in [5, 5.41) is -5.06. The maximum Gasteiger partial charge on any atom is 0.465 e. The molecule has 0 bridgehead atoms. The molecule has 3 rings (SSSR count). The Morgan fingerprint density at radius 2 is 1.79 bits per heavy atom. The van der Waals surface area contributed by atoms with Crippen LogP contribution in [0.4, 0.5) is 8.78 Å². The Bertz CT molecular complexity index is 990. The van der Waals surface area contributed by atoms with Crippen LogP contribution >= 0.6 is 67.8 Å². The van der Waals surface area contributed by atoms with Gasteiger partial charge in [-0.05, 0) is 86.7 Å². The zero-order valence-electron chi connectivity index (χ0n) is 14.1. The van der Waals surface area contributed by atoms with E-state index in [2.05, 4.69) is 72.5 Å². The number of alkyl halides is 2. The van der Waals surface area contributed by atoms with Gasteiger partial charge in [-0.1, -0.05) is 0 Å². The van der Waals surface area contributed by atoms with E-state index < -0.39 is 39.2 Å². The summed E-state index contributed by atoms with van der Waals surface area (Å²) in [5.74, 6) is -3.88. The number of ether oxygens (including phenoxy) is 3. The van der Waals surface area contributed by atoms with Crippen molar-refractivity contribution in [3.05, 3.63) is 22.3 Å². The first kappa shape index (κ1) is 23.6. The molecule has 0 unspecified atom stereocenters. The monoisotopic (exact) mass is 770 g/mol. The maximum absolute atomic E-state index is 13.4. The molecule has 1 aromatic carbocycles. The van der Waals surface area contributed by atoms with Crippen LogP contribution in [0.2, 0.25) is 0 Å². The van der Waals surface area contributed by atoms with Crippen molar-refractivity contribution in [1.82, 2.24) is 0 Å². The van der Waals surface area contributed by atoms with Gasteiger partial charge < -0.3 is 14.2 Å². The average molecular weight is 770 g/mol. The summed E-state index contributed by atoms with van der Waals surface area (Å²) in [4.78, 5) is 23.9. The zero-order valence-corrected chi connectivity index (χ0v) is 21.4. The van der Waals surface area contributed by atoms with Gasteiger partial charge in [-0.15, -0.1) is 0 Å². The van der Waals surface area contributed by atoms with Gasteiger partial charge in [-0.3, -0.25) is 4.55 Å². The Morgan fingerprint density at radius 3 is 2.34 bits per heavy atom. The van der Waals surface area contributed by atoms with Gasteiger partial charge in [0.05, 0.1) is 3.57 Å². The Balaban J connectivity index is 1.73. The molecule has 1 N–H and O–H groups in total. The Morgan fingerprint density at radius 1 is 1.21 bits per heavy atom. The molecule has 14 heteroatoms. The van der Waals surface area contributed by atoms with Crippen LogP contribution in [-0.2, 0) is 24.4 Å². The van der Waals surface area contributed by atoms with Crippen LogP contribution in [0.5, 0.6) is 5.75 Å². The molecule has 1 aliphatic heterocycles. The highest BCUT2D eigenvalue weighted by Crippen LogP contribution is 2.44. The number of carbonyl (C=O) groups is 2. The maximum atomic E-state index is 13.4. The quantitative estimate of drug-likeness (QED) is 0.214. The molecule has 1 heterocycles. The van der Waals surface area contributed by atoms with Crippen LogP contribution in [0, 0.1) is 10.7 Å². The molecule has 8 nitrogen and oxygen atoms in total. The standard InChI is InChI=1S/C15H11F2I3O8S/c16-15(17,29(23,24)25)13(22)26-6-1-3-14(4-2-6)27-11-7(12(21)28-14)5-8(18)9(19)10(11)20/h5-6H,1-4H2,(H,23,24,25). The highest BCUT2D eigenvalue weighted by molar-refractivity contribution is 14.1. The van der Waals surface area contributed by atoms with Crippen molar-refractivity contribution in [3.63, 3.8) is 0 Å². The second-order valence-electron chi connectivity index (χ2n) is 6.36. The number of hydrogen-bond acceptors (Lipinski definition) is 7. The van der Waals surface area contributed by atoms with E-state index >= 15 is 0 Å². The normalized spacial score (nSPS) is 24.5. The van der Waals surface area contributed by atoms with Gasteiger partial charge in [0.2, 0.25) is 0 Å². The van der Waals surface area contributed by atoms with E-state index in [9.17, 15) is 26.8 Å². The lowest BCUT2D eigenvalue weighted by Gasteiger charge is -2.42. The van der Waals surface area contributed by atoms with Crippen LogP contribution in [0.3, 0.4) is 0 Å². The Hall–Kier alpha value is -0.0800. The fraction of sp³-hybridized carbons (Fsp3) is 0.467. The summed E-state index contributed by atoms with van der Waals surface area (Å²) in [6.45, 7) is 0. The molecule has 29 heavy (non-hydrogen) atoms. The minimum atomic E-state index is -5.94. The molecule has 1 aliphatic carbocycles. The van der Waals surface area contributed by atoms with Crippen molar-refractivity contribution in [2.24, 2.45) is 0 Å². The fourth-order valence-electron chi connectivity index (χ4n) is 2.94. The van der Waals surface area contributed by atoms with Crippen LogP contribution in [-0.4, -0.2) is 42.1 Å². The van der Waals surface area contributed by atoms with Crippen molar-refractivity contribution < 1.29 is 45.6 Å². The number of hydrogen-bond donors (Lipinski definition) is 1. The summed E-state index contributed by atoms with van der Waals surface area (Å²) in [6.07, 6.45) is -0.958. The van der Waals surface area contributed by atoms with Gasteiger partial charge in [-0.25, -0.2) is 9.59 Å². The molecule has 1 spiro atoms. The molecule has 1 aromatic rings. The van der Waals surface area contributed by atoms with E-state index in [-0.39, 0.29) is 31.2 Å². The summed E-state index contributed by atoms with van der Waals surface area (Å²) in [7, 11) is -5.94. The largest absolute Gasteiger partial charge is 0.465 e. The highest BCUT2D eigenvalue weighted by Gasteiger charge is 2.55. The van der Waals surface area contributed by atoms with Crippen molar-refractivity contribution in [1.29, 1.82) is 0 Å². The molecule has 0 aromatic heterocycles.